The summed E-state index contributed by atoms with van der Waals surface area (Å²) < 4.78 is 0. The summed E-state index contributed by atoms with van der Waals surface area (Å²) in [5.74, 6) is 0. The van der Waals surface area contributed by atoms with Crippen molar-refractivity contribution in [1.82, 2.24) is 5.43 Å². The van der Waals surface area contributed by atoms with Crippen LogP contribution in [-0.2, 0) is 5.54 Å². The lowest BCUT2D eigenvalue weighted by molar-refractivity contribution is -0.00000753. The third-order valence-corrected chi connectivity index (χ3v) is 12.5. The first kappa shape index (κ1) is 27.1. The predicted octanol–water partition coefficient (Wildman–Crippen LogP) is 3.87. The van der Waals surface area contributed by atoms with Crippen molar-refractivity contribution in [2.75, 3.05) is 0 Å². The van der Waals surface area contributed by atoms with Gasteiger partial charge >= 0.3 is 0 Å². The Morgan fingerprint density at radius 2 is 0.795 bits per heavy atom. The second-order valence-electron chi connectivity index (χ2n) is 10.3. The van der Waals surface area contributed by atoms with E-state index in [0.29, 0.717) is 0 Å². The summed E-state index contributed by atoms with van der Waals surface area (Å²) in [6, 6.07) is 54.6. The Bertz CT molecular complexity index is 1400. The van der Waals surface area contributed by atoms with Crippen molar-refractivity contribution in [2.45, 2.75) is 19.4 Å². The molecule has 5 aromatic rings. The number of hydrazone groups is 1. The fourth-order valence-corrected chi connectivity index (χ4v) is 10.9. The molecule has 1 aliphatic rings. The number of hydrogen-bond acceptors (Lipinski definition) is 2. The Kier molecular flexibility index (Phi) is 7.58. The lowest BCUT2D eigenvalue weighted by atomic mass is 9.66. The van der Waals surface area contributed by atoms with Crippen LogP contribution in [0.3, 0.4) is 0 Å². The Balaban J connectivity index is 0.00000308. The maximum Gasteiger partial charge on any atom is 0.200 e. The van der Waals surface area contributed by atoms with Gasteiger partial charge in [0.2, 0.25) is 5.45 Å². The van der Waals surface area contributed by atoms with E-state index in [2.05, 4.69) is 171 Å². The van der Waals surface area contributed by atoms with E-state index in [4.69, 9.17) is 5.10 Å². The van der Waals surface area contributed by atoms with Gasteiger partial charge in [0.25, 0.3) is 0 Å². The highest BCUT2D eigenvalue weighted by atomic mass is 79.9. The van der Waals surface area contributed by atoms with Crippen LogP contribution in [0, 0.1) is 5.41 Å². The summed E-state index contributed by atoms with van der Waals surface area (Å²) >= 11 is 0. The molecular weight excluding hydrogens is 559 g/mol. The van der Waals surface area contributed by atoms with E-state index >= 15 is 0 Å². The van der Waals surface area contributed by atoms with E-state index in [-0.39, 0.29) is 22.4 Å². The van der Waals surface area contributed by atoms with Crippen LogP contribution in [-0.4, -0.2) is 5.45 Å². The Labute approximate surface area is 242 Å². The van der Waals surface area contributed by atoms with Crippen LogP contribution in [0.4, 0.5) is 0 Å². The lowest BCUT2D eigenvalue weighted by Gasteiger charge is -2.43. The van der Waals surface area contributed by atoms with Gasteiger partial charge in [-0.25, -0.2) is 0 Å². The highest BCUT2D eigenvalue weighted by Crippen LogP contribution is 2.66. The first-order valence-corrected chi connectivity index (χ1v) is 14.9. The minimum Gasteiger partial charge on any atom is -1.00 e. The average Bonchev–Trinajstić information content (AvgIpc) is 3.27. The molecule has 4 heteroatoms. The summed E-state index contributed by atoms with van der Waals surface area (Å²) in [5, 5.41) is 9.34. The molecule has 0 spiro atoms. The molecule has 0 fully saturated rings. The Morgan fingerprint density at radius 3 is 1.13 bits per heavy atom. The van der Waals surface area contributed by atoms with Crippen molar-refractivity contribution >= 4 is 28.6 Å². The van der Waals surface area contributed by atoms with Gasteiger partial charge < -0.3 is 17.0 Å². The molecule has 5 aromatic carbocycles. The van der Waals surface area contributed by atoms with E-state index in [1.54, 1.807) is 0 Å². The molecule has 1 aliphatic heterocycles. The zero-order valence-electron chi connectivity index (χ0n) is 22.2. The standard InChI is InChI=1S/C35H32N2P.BrH/c1-34(2)33(36-37-35(34,28-18-8-3-9-19-28)29-20-10-4-11-21-29)38(30-22-12-5-13-23-30,31-24-14-6-15-25-31)32-26-16-7-17-27-32;/h3-27,37H,1-2H3;1H/q+1;/p-1. The zero-order valence-corrected chi connectivity index (χ0v) is 24.7. The van der Waals surface area contributed by atoms with E-state index < -0.39 is 12.8 Å². The van der Waals surface area contributed by atoms with Crippen LogP contribution in [0.2, 0.25) is 0 Å². The molecule has 2 nitrogen and oxygen atoms in total. The molecule has 0 atom stereocenters. The molecule has 0 radical (unpaired) electrons. The van der Waals surface area contributed by atoms with Crippen molar-refractivity contribution in [1.29, 1.82) is 0 Å². The highest BCUT2D eigenvalue weighted by Gasteiger charge is 2.66. The van der Waals surface area contributed by atoms with E-state index in [0.717, 1.165) is 0 Å². The van der Waals surface area contributed by atoms with Crippen molar-refractivity contribution in [3.8, 4) is 0 Å². The van der Waals surface area contributed by atoms with Gasteiger partial charge in [0.1, 0.15) is 21.5 Å². The van der Waals surface area contributed by atoms with Gasteiger partial charge in [0, 0.05) is 0 Å². The third kappa shape index (κ3) is 4.16. The van der Waals surface area contributed by atoms with E-state index in [1.807, 2.05) is 0 Å². The highest BCUT2D eigenvalue weighted by molar-refractivity contribution is 8.08. The van der Waals surface area contributed by atoms with Crippen molar-refractivity contribution in [3.63, 3.8) is 0 Å². The van der Waals surface area contributed by atoms with E-state index in [1.165, 1.54) is 32.5 Å². The van der Waals surface area contributed by atoms with Crippen molar-refractivity contribution in [3.05, 3.63) is 163 Å². The molecule has 0 saturated carbocycles. The molecule has 0 amide bonds. The zero-order chi connectivity index (χ0) is 26.1. The monoisotopic (exact) mass is 590 g/mol. The van der Waals surface area contributed by atoms with Crippen molar-refractivity contribution < 1.29 is 17.0 Å². The SMILES string of the molecule is CC1(C)C([P+](c2ccccc2)(c2ccccc2)c2ccccc2)=NNC1(c1ccccc1)c1ccccc1.[Br-]. The number of benzene rings is 5. The summed E-state index contributed by atoms with van der Waals surface area (Å²) in [5.41, 5.74) is 6.47. The molecule has 6 rings (SSSR count). The van der Waals surface area contributed by atoms with Crippen LogP contribution < -0.4 is 38.3 Å². The fraction of sp³-hybridized carbons (Fsp3) is 0.114. The molecule has 0 aliphatic carbocycles. The minimum atomic E-state index is -2.36. The fourth-order valence-electron chi connectivity index (χ4n) is 6.24. The average molecular weight is 592 g/mol. The summed E-state index contributed by atoms with van der Waals surface area (Å²) in [6.45, 7) is 4.74. The van der Waals surface area contributed by atoms with Crippen molar-refractivity contribution in [2.24, 2.45) is 10.5 Å². The Morgan fingerprint density at radius 1 is 0.487 bits per heavy atom. The quantitative estimate of drug-likeness (QED) is 0.298. The number of nitrogens with one attached hydrogen (secondary N) is 1. The number of halogens is 1. The van der Waals surface area contributed by atoms with E-state index in [9.17, 15) is 0 Å². The maximum atomic E-state index is 5.41. The second-order valence-corrected chi connectivity index (χ2v) is 13.6. The number of nitrogens with zero attached hydrogens (tertiary/aromatic N) is 1. The van der Waals surface area contributed by atoms with Crippen LogP contribution in [0.5, 0.6) is 0 Å². The second kappa shape index (κ2) is 10.9. The van der Waals surface area contributed by atoms with Gasteiger partial charge in [0.05, 0.1) is 5.41 Å². The van der Waals surface area contributed by atoms with Gasteiger partial charge in [-0.1, -0.05) is 115 Å². The molecule has 194 valence electrons. The van der Waals surface area contributed by atoms with Gasteiger partial charge in [0.15, 0.2) is 7.26 Å². The van der Waals surface area contributed by atoms with Crippen LogP contribution in [0.1, 0.15) is 25.0 Å². The maximum absolute atomic E-state index is 5.41. The summed E-state index contributed by atoms with van der Waals surface area (Å²) in [7, 11) is -2.36. The molecular formula is C35H32BrN2P. The minimum absolute atomic E-state index is 0. The van der Waals surface area contributed by atoms with Gasteiger partial charge in [-0.3, -0.25) is 5.43 Å². The molecule has 0 unspecified atom stereocenters. The molecule has 0 bridgehead atoms. The van der Waals surface area contributed by atoms with Crippen LogP contribution in [0.25, 0.3) is 0 Å². The van der Waals surface area contributed by atoms with Gasteiger partial charge in [-0.15, -0.1) is 5.10 Å². The van der Waals surface area contributed by atoms with Gasteiger partial charge in [-0.2, -0.15) is 0 Å². The smallest absolute Gasteiger partial charge is 0.200 e. The number of rotatable bonds is 6. The summed E-state index contributed by atoms with van der Waals surface area (Å²) in [6.07, 6.45) is 0. The molecule has 1 N–H and O–H groups in total. The normalized spacial score (nSPS) is 15.5. The van der Waals surface area contributed by atoms with Gasteiger partial charge in [-0.05, 0) is 61.4 Å². The number of hydrogen-bond donors (Lipinski definition) is 1. The molecule has 39 heavy (non-hydrogen) atoms. The van der Waals surface area contributed by atoms with Crippen LogP contribution in [0.15, 0.2) is 157 Å². The summed E-state index contributed by atoms with van der Waals surface area (Å²) in [4.78, 5) is 0. The molecule has 0 aromatic heterocycles. The molecule has 0 saturated heterocycles. The lowest BCUT2D eigenvalue weighted by Crippen LogP contribution is -3.00. The predicted molar refractivity (Wildman–Crippen MR) is 163 cm³/mol. The topological polar surface area (TPSA) is 24.4 Å². The first-order valence-electron chi connectivity index (χ1n) is 13.1. The van der Waals surface area contributed by atoms with Crippen LogP contribution >= 0.6 is 7.26 Å². The third-order valence-electron chi connectivity index (χ3n) is 7.99. The Hall–Kier alpha value is -3.52. The first-order chi connectivity index (χ1) is 18.6. The molecule has 1 heterocycles. The largest absolute Gasteiger partial charge is 1.00 e.